The van der Waals surface area contributed by atoms with Gasteiger partial charge in [0.2, 0.25) is 12.7 Å². The zero-order chi connectivity index (χ0) is 17.9. The molecule has 0 saturated carbocycles. The Morgan fingerprint density at radius 2 is 1.72 bits per heavy atom. The smallest absolute Gasteiger partial charge is 0.264 e. The first-order valence-electron chi connectivity index (χ1n) is 8.01. The number of sulfonamides is 1. The van der Waals surface area contributed by atoms with Gasteiger partial charge in [0.05, 0.1) is 11.3 Å². The zero-order valence-electron chi connectivity index (χ0n) is 13.8. The summed E-state index contributed by atoms with van der Waals surface area (Å²) >= 11 is 0. The molecular formula is C18H19NO5S. The van der Waals surface area contributed by atoms with E-state index in [0.717, 1.165) is 18.4 Å². The summed E-state index contributed by atoms with van der Waals surface area (Å²) in [5.74, 6) is 0.570. The largest absolute Gasteiger partial charge is 0.454 e. The highest BCUT2D eigenvalue weighted by Crippen LogP contribution is 2.32. The molecule has 0 spiro atoms. The molecule has 1 heterocycles. The molecule has 1 aliphatic rings. The summed E-state index contributed by atoms with van der Waals surface area (Å²) in [5, 5.41) is 0. The van der Waals surface area contributed by atoms with E-state index < -0.39 is 15.9 Å². The predicted molar refractivity (Wildman–Crippen MR) is 92.0 cm³/mol. The van der Waals surface area contributed by atoms with E-state index in [4.69, 9.17) is 9.47 Å². The highest BCUT2D eigenvalue weighted by atomic mass is 32.2. The van der Waals surface area contributed by atoms with E-state index in [-0.39, 0.29) is 18.1 Å². The lowest BCUT2D eigenvalue weighted by Crippen LogP contribution is -2.31. The van der Waals surface area contributed by atoms with Crippen LogP contribution in [-0.2, 0) is 27.7 Å². The lowest BCUT2D eigenvalue weighted by atomic mass is 10.1. The number of ether oxygens (including phenoxy) is 2. The van der Waals surface area contributed by atoms with Crippen LogP contribution in [0.25, 0.3) is 0 Å². The third kappa shape index (κ3) is 4.11. The minimum atomic E-state index is -3.88. The van der Waals surface area contributed by atoms with Crippen molar-refractivity contribution in [1.82, 2.24) is 4.72 Å². The normalized spacial score (nSPS) is 12.8. The molecule has 2 aromatic carbocycles. The fourth-order valence-electron chi connectivity index (χ4n) is 2.61. The molecule has 25 heavy (non-hydrogen) atoms. The van der Waals surface area contributed by atoms with Gasteiger partial charge in [-0.15, -0.1) is 0 Å². The van der Waals surface area contributed by atoms with E-state index in [1.54, 1.807) is 30.3 Å². The van der Waals surface area contributed by atoms with Gasteiger partial charge in [-0.25, -0.2) is 13.1 Å². The summed E-state index contributed by atoms with van der Waals surface area (Å²) in [5.41, 5.74) is 1.71. The third-order valence-corrected chi connectivity index (χ3v) is 5.21. The number of hydrogen-bond donors (Lipinski definition) is 1. The van der Waals surface area contributed by atoms with E-state index in [1.165, 1.54) is 12.1 Å². The number of carbonyl (C=O) groups excluding carboxylic acids is 1. The van der Waals surface area contributed by atoms with Crippen molar-refractivity contribution < 1.29 is 22.7 Å². The highest BCUT2D eigenvalue weighted by molar-refractivity contribution is 7.90. The average Bonchev–Trinajstić information content (AvgIpc) is 3.03. The molecule has 0 aromatic heterocycles. The molecule has 7 heteroatoms. The number of fused-ring (bicyclic) bond motifs is 1. The van der Waals surface area contributed by atoms with Gasteiger partial charge >= 0.3 is 0 Å². The molecule has 1 N–H and O–H groups in total. The molecule has 1 amide bonds. The van der Waals surface area contributed by atoms with Gasteiger partial charge in [-0.1, -0.05) is 31.5 Å². The minimum Gasteiger partial charge on any atom is -0.454 e. The summed E-state index contributed by atoms with van der Waals surface area (Å²) in [6.45, 7) is 2.20. The van der Waals surface area contributed by atoms with Gasteiger partial charge in [0, 0.05) is 0 Å². The predicted octanol–water partition coefficient (Wildman–Crippen LogP) is 2.42. The van der Waals surface area contributed by atoms with Crippen LogP contribution in [0.2, 0.25) is 0 Å². The lowest BCUT2D eigenvalue weighted by molar-refractivity contribution is -0.118. The molecule has 0 aliphatic carbocycles. The summed E-state index contributed by atoms with van der Waals surface area (Å²) in [4.78, 5) is 12.2. The van der Waals surface area contributed by atoms with Crippen LogP contribution in [0.1, 0.15) is 24.5 Å². The van der Waals surface area contributed by atoms with E-state index in [9.17, 15) is 13.2 Å². The van der Waals surface area contributed by atoms with Crippen molar-refractivity contribution in [2.24, 2.45) is 0 Å². The van der Waals surface area contributed by atoms with Crippen LogP contribution in [-0.4, -0.2) is 21.1 Å². The van der Waals surface area contributed by atoms with Gasteiger partial charge in [0.1, 0.15) is 0 Å². The van der Waals surface area contributed by atoms with Crippen LogP contribution in [0, 0.1) is 0 Å². The second-order valence-electron chi connectivity index (χ2n) is 5.79. The number of hydrogen-bond acceptors (Lipinski definition) is 5. The maximum absolute atomic E-state index is 12.3. The third-order valence-electron chi connectivity index (χ3n) is 3.82. The van der Waals surface area contributed by atoms with Crippen LogP contribution in [0.4, 0.5) is 0 Å². The van der Waals surface area contributed by atoms with Crippen LogP contribution < -0.4 is 14.2 Å². The second kappa shape index (κ2) is 7.14. The molecule has 3 rings (SSSR count). The molecule has 132 valence electrons. The molecule has 0 bridgehead atoms. The Labute approximate surface area is 146 Å². The van der Waals surface area contributed by atoms with Crippen molar-refractivity contribution in [3.8, 4) is 11.5 Å². The van der Waals surface area contributed by atoms with Crippen molar-refractivity contribution in [1.29, 1.82) is 0 Å². The number of benzene rings is 2. The molecule has 0 saturated heterocycles. The van der Waals surface area contributed by atoms with E-state index in [2.05, 4.69) is 11.6 Å². The standard InChI is InChI=1S/C18H19NO5S/c1-2-3-13-4-7-15(8-5-13)25(21,22)19-18(20)11-14-6-9-16-17(10-14)24-12-23-16/h4-10H,2-3,11-12H2,1H3,(H,19,20). The van der Waals surface area contributed by atoms with Crippen molar-refractivity contribution >= 4 is 15.9 Å². The van der Waals surface area contributed by atoms with Crippen LogP contribution in [0.15, 0.2) is 47.4 Å². The maximum Gasteiger partial charge on any atom is 0.264 e. The fraction of sp³-hybridized carbons (Fsp3) is 0.278. The van der Waals surface area contributed by atoms with Crippen LogP contribution in [0.3, 0.4) is 0 Å². The average molecular weight is 361 g/mol. The molecule has 0 atom stereocenters. The fourth-order valence-corrected chi connectivity index (χ4v) is 3.59. The van der Waals surface area contributed by atoms with E-state index in [0.29, 0.717) is 17.1 Å². The highest BCUT2D eigenvalue weighted by Gasteiger charge is 2.19. The van der Waals surface area contributed by atoms with Gasteiger partial charge in [-0.2, -0.15) is 0 Å². The molecule has 6 nitrogen and oxygen atoms in total. The Bertz CT molecular complexity index is 875. The first-order valence-corrected chi connectivity index (χ1v) is 9.49. The van der Waals surface area contributed by atoms with E-state index in [1.807, 2.05) is 0 Å². The Morgan fingerprint density at radius 1 is 1.04 bits per heavy atom. The topological polar surface area (TPSA) is 81.7 Å². The molecule has 0 unspecified atom stereocenters. The van der Waals surface area contributed by atoms with Gasteiger partial charge in [-0.3, -0.25) is 4.79 Å². The summed E-state index contributed by atoms with van der Waals surface area (Å²) < 4.78 is 37.2. The molecule has 0 fully saturated rings. The zero-order valence-corrected chi connectivity index (χ0v) is 14.6. The quantitative estimate of drug-likeness (QED) is 0.854. The maximum atomic E-state index is 12.3. The molecule has 2 aromatic rings. The summed E-state index contributed by atoms with van der Waals surface area (Å²) in [6.07, 6.45) is 1.80. The number of carbonyl (C=O) groups is 1. The van der Waals surface area contributed by atoms with Crippen molar-refractivity contribution in [3.63, 3.8) is 0 Å². The number of rotatable bonds is 6. The Balaban J connectivity index is 1.66. The van der Waals surface area contributed by atoms with Gasteiger partial charge in [0.15, 0.2) is 11.5 Å². The Morgan fingerprint density at radius 3 is 2.44 bits per heavy atom. The SMILES string of the molecule is CCCc1ccc(S(=O)(=O)NC(=O)Cc2ccc3c(c2)OCO3)cc1. The van der Waals surface area contributed by atoms with Crippen molar-refractivity contribution in [2.75, 3.05) is 6.79 Å². The van der Waals surface area contributed by atoms with Gasteiger partial charge in [-0.05, 0) is 41.8 Å². The monoisotopic (exact) mass is 361 g/mol. The molecule has 1 aliphatic heterocycles. The van der Waals surface area contributed by atoms with Gasteiger partial charge in [0.25, 0.3) is 10.0 Å². The Kier molecular flexibility index (Phi) is 4.94. The minimum absolute atomic E-state index is 0.0657. The molecular weight excluding hydrogens is 342 g/mol. The van der Waals surface area contributed by atoms with Crippen LogP contribution >= 0.6 is 0 Å². The first-order chi connectivity index (χ1) is 12.0. The number of aryl methyl sites for hydroxylation is 1. The lowest BCUT2D eigenvalue weighted by Gasteiger charge is -2.08. The Hall–Kier alpha value is -2.54. The van der Waals surface area contributed by atoms with E-state index >= 15 is 0 Å². The molecule has 0 radical (unpaired) electrons. The van der Waals surface area contributed by atoms with Gasteiger partial charge < -0.3 is 9.47 Å². The first kappa shape index (κ1) is 17.3. The number of amides is 1. The summed E-state index contributed by atoms with van der Waals surface area (Å²) in [6, 6.07) is 11.6. The van der Waals surface area contributed by atoms with Crippen molar-refractivity contribution in [2.45, 2.75) is 31.1 Å². The summed E-state index contributed by atoms with van der Waals surface area (Å²) in [7, 11) is -3.88. The van der Waals surface area contributed by atoms with Crippen molar-refractivity contribution in [3.05, 3.63) is 53.6 Å². The second-order valence-corrected chi connectivity index (χ2v) is 7.47. The van der Waals surface area contributed by atoms with Crippen LogP contribution in [0.5, 0.6) is 11.5 Å². The number of nitrogens with one attached hydrogen (secondary N) is 1.